The van der Waals surface area contributed by atoms with Crippen LogP contribution in [0.25, 0.3) is 28.4 Å². The van der Waals surface area contributed by atoms with E-state index in [1.165, 1.54) is 18.5 Å². The normalized spacial score (nSPS) is 11.1. The second kappa shape index (κ2) is 7.56. The summed E-state index contributed by atoms with van der Waals surface area (Å²) in [5, 5.41) is 3.35. The molecule has 0 saturated carbocycles. The molecule has 0 unspecified atom stereocenters. The van der Waals surface area contributed by atoms with Gasteiger partial charge in [0.1, 0.15) is 17.2 Å². The molecule has 0 amide bonds. The first-order valence-electron chi connectivity index (χ1n) is 9.58. The predicted octanol–water partition coefficient (Wildman–Crippen LogP) is 5.25. The van der Waals surface area contributed by atoms with Gasteiger partial charge in [-0.15, -0.1) is 0 Å². The number of ether oxygens (including phenoxy) is 1. The Balaban J connectivity index is 1.52. The van der Waals surface area contributed by atoms with Gasteiger partial charge in [0.15, 0.2) is 17.8 Å². The summed E-state index contributed by atoms with van der Waals surface area (Å²) < 4.78 is 26.2. The number of nitrogens with one attached hydrogen (secondary N) is 1. The molecular formula is C23H18FN5O2. The van der Waals surface area contributed by atoms with Gasteiger partial charge in [0.2, 0.25) is 5.88 Å². The fourth-order valence-electron chi connectivity index (χ4n) is 3.44. The molecule has 0 saturated heterocycles. The Labute approximate surface area is 177 Å². The smallest absolute Gasteiger partial charge is 0.226 e. The summed E-state index contributed by atoms with van der Waals surface area (Å²) in [6, 6.07) is 13.8. The summed E-state index contributed by atoms with van der Waals surface area (Å²) in [5.74, 6) is 0.917. The van der Waals surface area contributed by atoms with Crippen LogP contribution in [0.4, 0.5) is 15.8 Å². The lowest BCUT2D eigenvalue weighted by Gasteiger charge is -2.08. The predicted molar refractivity (Wildman–Crippen MR) is 115 cm³/mol. The number of oxazole rings is 1. The van der Waals surface area contributed by atoms with Crippen LogP contribution >= 0.6 is 0 Å². The van der Waals surface area contributed by atoms with Gasteiger partial charge in [-0.3, -0.25) is 9.38 Å². The highest BCUT2D eigenvalue weighted by atomic mass is 19.1. The van der Waals surface area contributed by atoms with Crippen LogP contribution in [0.5, 0.6) is 5.88 Å². The highest BCUT2D eigenvalue weighted by molar-refractivity contribution is 5.79. The fraction of sp³-hybridized carbons (Fsp3) is 0.0870. The lowest BCUT2D eigenvalue weighted by atomic mass is 10.1. The maximum Gasteiger partial charge on any atom is 0.226 e. The molecule has 5 rings (SSSR count). The number of nitrogens with zero attached hydrogens (tertiary/aromatic N) is 4. The number of methoxy groups -OCH3 is 1. The molecule has 4 aromatic heterocycles. The second-order valence-corrected chi connectivity index (χ2v) is 6.92. The van der Waals surface area contributed by atoms with E-state index in [9.17, 15) is 4.39 Å². The molecule has 0 aliphatic rings. The zero-order valence-corrected chi connectivity index (χ0v) is 16.8. The summed E-state index contributed by atoms with van der Waals surface area (Å²) in [7, 11) is 1.59. The first kappa shape index (κ1) is 18.8. The van der Waals surface area contributed by atoms with E-state index < -0.39 is 0 Å². The Morgan fingerprint density at radius 1 is 1.06 bits per heavy atom. The van der Waals surface area contributed by atoms with Gasteiger partial charge in [-0.2, -0.15) is 0 Å². The van der Waals surface area contributed by atoms with Crippen molar-refractivity contribution in [3.8, 4) is 28.6 Å². The van der Waals surface area contributed by atoms with E-state index in [1.807, 2.05) is 41.8 Å². The third-order valence-electron chi connectivity index (χ3n) is 4.94. The molecular weight excluding hydrogens is 397 g/mol. The summed E-state index contributed by atoms with van der Waals surface area (Å²) in [4.78, 5) is 13.3. The minimum atomic E-state index is -0.301. The van der Waals surface area contributed by atoms with Crippen molar-refractivity contribution in [3.63, 3.8) is 0 Å². The van der Waals surface area contributed by atoms with Crippen LogP contribution in [-0.4, -0.2) is 26.5 Å². The maximum absolute atomic E-state index is 13.4. The Kier molecular flexibility index (Phi) is 4.59. The summed E-state index contributed by atoms with van der Waals surface area (Å²) in [6.45, 7) is 1.87. The third-order valence-corrected chi connectivity index (χ3v) is 4.94. The molecule has 154 valence electrons. The SMILES string of the molecule is COc1c(-c2ccc(F)cc2)nc2c(Nc3ccc(-c4ocnc4C)nc3)cccn12. The highest BCUT2D eigenvalue weighted by Gasteiger charge is 2.17. The molecule has 8 heteroatoms. The molecule has 0 radical (unpaired) electrons. The van der Waals surface area contributed by atoms with Crippen molar-refractivity contribution in [2.24, 2.45) is 0 Å². The highest BCUT2D eigenvalue weighted by Crippen LogP contribution is 2.34. The average molecular weight is 415 g/mol. The van der Waals surface area contributed by atoms with Crippen LogP contribution < -0.4 is 10.1 Å². The number of rotatable bonds is 5. The Bertz CT molecular complexity index is 1360. The standard InChI is InChI=1S/C23H18FN5O2/c1-14-21(31-13-26-14)18-10-9-17(12-25-18)27-19-4-3-11-29-22(19)28-20(23(29)30-2)15-5-7-16(24)8-6-15/h3-13,27H,1-2H3. The minimum Gasteiger partial charge on any atom is -0.480 e. The largest absolute Gasteiger partial charge is 0.480 e. The monoisotopic (exact) mass is 415 g/mol. The van der Waals surface area contributed by atoms with E-state index in [-0.39, 0.29) is 5.82 Å². The Morgan fingerprint density at radius 3 is 2.58 bits per heavy atom. The first-order valence-corrected chi connectivity index (χ1v) is 9.58. The summed E-state index contributed by atoms with van der Waals surface area (Å²) in [6.07, 6.45) is 5.00. The van der Waals surface area contributed by atoms with Gasteiger partial charge in [0.25, 0.3) is 0 Å². The molecule has 1 N–H and O–H groups in total. The summed E-state index contributed by atoms with van der Waals surface area (Å²) >= 11 is 0. The average Bonchev–Trinajstić information content (AvgIpc) is 3.39. The van der Waals surface area contributed by atoms with Crippen molar-refractivity contribution in [2.75, 3.05) is 12.4 Å². The van der Waals surface area contributed by atoms with Crippen LogP contribution in [0.2, 0.25) is 0 Å². The maximum atomic E-state index is 13.4. The van der Waals surface area contributed by atoms with E-state index in [0.717, 1.165) is 22.6 Å². The zero-order chi connectivity index (χ0) is 21.4. The number of aryl methyl sites for hydroxylation is 1. The lowest BCUT2D eigenvalue weighted by molar-refractivity contribution is 0.396. The molecule has 0 spiro atoms. The third kappa shape index (κ3) is 3.38. The van der Waals surface area contributed by atoms with Gasteiger partial charge in [-0.1, -0.05) is 0 Å². The van der Waals surface area contributed by atoms with Crippen LogP contribution in [0.15, 0.2) is 71.7 Å². The van der Waals surface area contributed by atoms with Crippen molar-refractivity contribution >= 4 is 17.0 Å². The molecule has 7 nitrogen and oxygen atoms in total. The number of imidazole rings is 1. The molecule has 0 aliphatic carbocycles. The van der Waals surface area contributed by atoms with Gasteiger partial charge < -0.3 is 14.5 Å². The number of benzene rings is 1. The van der Waals surface area contributed by atoms with E-state index in [4.69, 9.17) is 14.1 Å². The fourth-order valence-corrected chi connectivity index (χ4v) is 3.44. The zero-order valence-electron chi connectivity index (χ0n) is 16.8. The van der Waals surface area contributed by atoms with E-state index in [2.05, 4.69) is 15.3 Å². The molecule has 4 heterocycles. The van der Waals surface area contributed by atoms with Crippen LogP contribution in [0.3, 0.4) is 0 Å². The Hall–Kier alpha value is -4.20. The van der Waals surface area contributed by atoms with Crippen molar-refractivity contribution in [3.05, 3.63) is 78.8 Å². The number of aromatic nitrogens is 4. The van der Waals surface area contributed by atoms with Crippen LogP contribution in [0, 0.1) is 12.7 Å². The molecule has 0 bridgehead atoms. The van der Waals surface area contributed by atoms with Gasteiger partial charge in [0, 0.05) is 11.8 Å². The van der Waals surface area contributed by atoms with Gasteiger partial charge >= 0.3 is 0 Å². The van der Waals surface area contributed by atoms with Crippen LogP contribution in [-0.2, 0) is 0 Å². The molecule has 5 aromatic rings. The first-order chi connectivity index (χ1) is 15.1. The Morgan fingerprint density at radius 2 is 1.90 bits per heavy atom. The van der Waals surface area contributed by atoms with Crippen molar-refractivity contribution in [1.29, 1.82) is 0 Å². The molecule has 0 atom stereocenters. The minimum absolute atomic E-state index is 0.301. The number of hydrogen-bond acceptors (Lipinski definition) is 6. The number of pyridine rings is 2. The van der Waals surface area contributed by atoms with Gasteiger partial charge in [-0.25, -0.2) is 14.4 Å². The van der Waals surface area contributed by atoms with Crippen molar-refractivity contribution in [2.45, 2.75) is 6.92 Å². The van der Waals surface area contributed by atoms with E-state index in [0.29, 0.717) is 28.7 Å². The number of fused-ring (bicyclic) bond motifs is 1. The molecule has 31 heavy (non-hydrogen) atoms. The van der Waals surface area contributed by atoms with Gasteiger partial charge in [0.05, 0.1) is 30.4 Å². The quantitative estimate of drug-likeness (QED) is 0.422. The van der Waals surface area contributed by atoms with Gasteiger partial charge in [-0.05, 0) is 55.5 Å². The number of hydrogen-bond donors (Lipinski definition) is 1. The summed E-state index contributed by atoms with van der Waals surface area (Å²) in [5.41, 5.74) is 5.13. The van der Waals surface area contributed by atoms with Crippen molar-refractivity contribution in [1.82, 2.24) is 19.4 Å². The molecule has 0 fully saturated rings. The molecule has 1 aromatic carbocycles. The second-order valence-electron chi connectivity index (χ2n) is 6.92. The number of anilines is 2. The topological polar surface area (TPSA) is 77.5 Å². The molecule has 0 aliphatic heterocycles. The van der Waals surface area contributed by atoms with E-state index >= 15 is 0 Å². The lowest BCUT2D eigenvalue weighted by Crippen LogP contribution is -1.97. The van der Waals surface area contributed by atoms with Crippen molar-refractivity contribution < 1.29 is 13.5 Å². The number of halogens is 1. The van der Waals surface area contributed by atoms with E-state index in [1.54, 1.807) is 25.4 Å². The van der Waals surface area contributed by atoms with Crippen LogP contribution in [0.1, 0.15) is 5.69 Å².